The van der Waals surface area contributed by atoms with Crippen LogP contribution >= 0.6 is 0 Å². The van der Waals surface area contributed by atoms with Crippen LogP contribution in [-0.2, 0) is 9.53 Å². The minimum Gasteiger partial charge on any atom is -0.372 e. The van der Waals surface area contributed by atoms with Gasteiger partial charge in [-0.3, -0.25) is 4.79 Å². The molecule has 1 aliphatic heterocycles. The number of amides is 1. The van der Waals surface area contributed by atoms with Crippen LogP contribution in [0.1, 0.15) is 33.1 Å². The van der Waals surface area contributed by atoms with E-state index in [1.54, 1.807) is 7.11 Å². The third-order valence-electron chi connectivity index (χ3n) is 3.16. The number of methoxy groups -OCH3 is 1. The molecule has 4 nitrogen and oxygen atoms in total. The highest BCUT2D eigenvalue weighted by Gasteiger charge is 2.27. The third-order valence-corrected chi connectivity index (χ3v) is 3.16. The molecular formula is C12H24N2O2. The number of carbonyl (C=O) groups is 1. The average molecular weight is 228 g/mol. The van der Waals surface area contributed by atoms with Gasteiger partial charge in [0.15, 0.2) is 0 Å². The van der Waals surface area contributed by atoms with Crippen LogP contribution in [-0.4, -0.2) is 49.7 Å². The fourth-order valence-corrected chi connectivity index (χ4v) is 2.15. The Morgan fingerprint density at radius 3 is 2.88 bits per heavy atom. The number of rotatable bonds is 5. The van der Waals surface area contributed by atoms with Gasteiger partial charge in [0.05, 0.1) is 0 Å². The molecule has 4 heteroatoms. The summed E-state index contributed by atoms with van der Waals surface area (Å²) < 4.78 is 5.12. The summed E-state index contributed by atoms with van der Waals surface area (Å²) in [6, 6.07) is 0.346. The molecule has 0 aliphatic carbocycles. The number of ether oxygens (including phenoxy) is 1. The number of piperidine rings is 1. The molecule has 94 valence electrons. The van der Waals surface area contributed by atoms with E-state index in [0.29, 0.717) is 6.04 Å². The Hall–Kier alpha value is -0.610. The van der Waals surface area contributed by atoms with E-state index in [-0.39, 0.29) is 12.0 Å². The zero-order chi connectivity index (χ0) is 12.0. The Kier molecular flexibility index (Phi) is 5.77. The van der Waals surface area contributed by atoms with Crippen LogP contribution in [0.15, 0.2) is 0 Å². The van der Waals surface area contributed by atoms with E-state index >= 15 is 0 Å². The van der Waals surface area contributed by atoms with Crippen molar-refractivity contribution in [1.82, 2.24) is 10.2 Å². The quantitative estimate of drug-likeness (QED) is 0.763. The fourth-order valence-electron chi connectivity index (χ4n) is 2.15. The van der Waals surface area contributed by atoms with Crippen molar-refractivity contribution in [3.8, 4) is 0 Å². The summed E-state index contributed by atoms with van der Waals surface area (Å²) in [6.45, 7) is 6.75. The maximum Gasteiger partial charge on any atom is 0.251 e. The predicted molar refractivity (Wildman–Crippen MR) is 64.4 cm³/mol. The fraction of sp³-hybridized carbons (Fsp3) is 0.917. The Morgan fingerprint density at radius 1 is 1.62 bits per heavy atom. The van der Waals surface area contributed by atoms with Gasteiger partial charge in [-0.05, 0) is 32.7 Å². The van der Waals surface area contributed by atoms with Crippen molar-refractivity contribution in [2.75, 3.05) is 26.7 Å². The van der Waals surface area contributed by atoms with Crippen LogP contribution < -0.4 is 5.32 Å². The number of nitrogens with zero attached hydrogens (tertiary/aromatic N) is 1. The maximum absolute atomic E-state index is 12.1. The lowest BCUT2D eigenvalue weighted by molar-refractivity contribution is -0.143. The molecule has 1 saturated heterocycles. The van der Waals surface area contributed by atoms with Crippen LogP contribution in [0.2, 0.25) is 0 Å². The van der Waals surface area contributed by atoms with Crippen molar-refractivity contribution in [3.63, 3.8) is 0 Å². The highest BCUT2D eigenvalue weighted by atomic mass is 16.5. The predicted octanol–water partition coefficient (Wildman–Crippen LogP) is 1.01. The second-order valence-corrected chi connectivity index (χ2v) is 4.41. The monoisotopic (exact) mass is 228 g/mol. The van der Waals surface area contributed by atoms with Crippen molar-refractivity contribution in [2.24, 2.45) is 0 Å². The molecule has 1 N–H and O–H groups in total. The standard InChI is InChI=1S/C12H24N2O2/c1-4-8-14(12(15)10(2)16-3)11-6-5-7-13-9-11/h10-11,13H,4-9H2,1-3H3. The number of carbonyl (C=O) groups excluding carboxylic acids is 1. The van der Waals surface area contributed by atoms with Gasteiger partial charge in [-0.15, -0.1) is 0 Å². The first-order chi connectivity index (χ1) is 7.70. The van der Waals surface area contributed by atoms with Crippen molar-refractivity contribution >= 4 is 5.91 Å². The van der Waals surface area contributed by atoms with Crippen molar-refractivity contribution in [2.45, 2.75) is 45.3 Å². The highest BCUT2D eigenvalue weighted by molar-refractivity contribution is 5.80. The smallest absolute Gasteiger partial charge is 0.251 e. The second kappa shape index (κ2) is 6.86. The zero-order valence-electron chi connectivity index (χ0n) is 10.7. The van der Waals surface area contributed by atoms with Crippen molar-refractivity contribution < 1.29 is 9.53 Å². The SMILES string of the molecule is CCCN(C(=O)C(C)OC)C1CCCNC1. The molecule has 0 bridgehead atoms. The largest absolute Gasteiger partial charge is 0.372 e. The maximum atomic E-state index is 12.1. The van der Waals surface area contributed by atoms with Gasteiger partial charge in [0.25, 0.3) is 5.91 Å². The van der Waals surface area contributed by atoms with Gasteiger partial charge in [0.1, 0.15) is 6.10 Å². The van der Waals surface area contributed by atoms with E-state index in [0.717, 1.165) is 38.9 Å². The lowest BCUT2D eigenvalue weighted by Gasteiger charge is -2.35. The van der Waals surface area contributed by atoms with Gasteiger partial charge in [0.2, 0.25) is 0 Å². The van der Waals surface area contributed by atoms with Crippen LogP contribution in [0.3, 0.4) is 0 Å². The number of nitrogens with one attached hydrogen (secondary N) is 1. The summed E-state index contributed by atoms with van der Waals surface area (Å²) in [7, 11) is 1.59. The summed E-state index contributed by atoms with van der Waals surface area (Å²) in [4.78, 5) is 14.1. The van der Waals surface area contributed by atoms with E-state index < -0.39 is 0 Å². The number of hydrogen-bond acceptors (Lipinski definition) is 3. The molecule has 1 fully saturated rings. The first-order valence-electron chi connectivity index (χ1n) is 6.24. The van der Waals surface area contributed by atoms with Crippen molar-refractivity contribution in [3.05, 3.63) is 0 Å². The molecule has 16 heavy (non-hydrogen) atoms. The molecule has 0 aromatic heterocycles. The molecule has 0 aromatic rings. The molecule has 0 saturated carbocycles. The van der Waals surface area contributed by atoms with E-state index in [9.17, 15) is 4.79 Å². The lowest BCUT2D eigenvalue weighted by Crippen LogP contribution is -2.51. The molecule has 1 heterocycles. The summed E-state index contributed by atoms with van der Waals surface area (Å²) in [6.07, 6.45) is 2.93. The molecule has 2 unspecified atom stereocenters. The molecule has 1 amide bonds. The van der Waals surface area contributed by atoms with E-state index in [1.165, 1.54) is 0 Å². The van der Waals surface area contributed by atoms with Crippen LogP contribution in [0.4, 0.5) is 0 Å². The van der Waals surface area contributed by atoms with Gasteiger partial charge in [-0.1, -0.05) is 6.92 Å². The molecule has 0 aromatic carbocycles. The van der Waals surface area contributed by atoms with Crippen LogP contribution in [0, 0.1) is 0 Å². The Morgan fingerprint density at radius 2 is 2.38 bits per heavy atom. The second-order valence-electron chi connectivity index (χ2n) is 4.41. The van der Waals surface area contributed by atoms with E-state index in [1.807, 2.05) is 11.8 Å². The zero-order valence-corrected chi connectivity index (χ0v) is 10.7. The van der Waals surface area contributed by atoms with Crippen LogP contribution in [0.5, 0.6) is 0 Å². The lowest BCUT2D eigenvalue weighted by atomic mass is 10.0. The minimum atomic E-state index is -0.325. The minimum absolute atomic E-state index is 0.123. The summed E-state index contributed by atoms with van der Waals surface area (Å²) in [5, 5.41) is 3.35. The van der Waals surface area contributed by atoms with Gasteiger partial charge in [-0.2, -0.15) is 0 Å². The van der Waals surface area contributed by atoms with Crippen molar-refractivity contribution in [1.29, 1.82) is 0 Å². The molecule has 1 aliphatic rings. The van der Waals surface area contributed by atoms with Gasteiger partial charge in [-0.25, -0.2) is 0 Å². The summed E-state index contributed by atoms with van der Waals surface area (Å²) >= 11 is 0. The molecular weight excluding hydrogens is 204 g/mol. The first-order valence-corrected chi connectivity index (χ1v) is 6.24. The molecule has 0 radical (unpaired) electrons. The average Bonchev–Trinajstić information content (AvgIpc) is 2.35. The van der Waals surface area contributed by atoms with Gasteiger partial charge >= 0.3 is 0 Å². The highest BCUT2D eigenvalue weighted by Crippen LogP contribution is 2.13. The summed E-state index contributed by atoms with van der Waals surface area (Å²) in [5.41, 5.74) is 0. The Balaban J connectivity index is 2.60. The normalized spacial score (nSPS) is 22.8. The van der Waals surface area contributed by atoms with E-state index in [2.05, 4.69) is 12.2 Å². The topological polar surface area (TPSA) is 41.6 Å². The molecule has 0 spiro atoms. The van der Waals surface area contributed by atoms with E-state index in [4.69, 9.17) is 4.74 Å². The Bertz CT molecular complexity index is 215. The summed E-state index contributed by atoms with van der Waals surface area (Å²) in [5.74, 6) is 0.123. The molecule has 2 atom stereocenters. The van der Waals surface area contributed by atoms with Gasteiger partial charge < -0.3 is 15.0 Å². The molecule has 1 rings (SSSR count). The Labute approximate surface area is 98.3 Å². The third kappa shape index (κ3) is 3.46. The van der Waals surface area contributed by atoms with Gasteiger partial charge in [0, 0.05) is 26.2 Å². The first kappa shape index (κ1) is 13.5. The van der Waals surface area contributed by atoms with Crippen LogP contribution in [0.25, 0.3) is 0 Å². The number of hydrogen-bond donors (Lipinski definition) is 1.